The zero-order valence-corrected chi connectivity index (χ0v) is 21.6. The van der Waals surface area contributed by atoms with Gasteiger partial charge in [0.1, 0.15) is 0 Å². The summed E-state index contributed by atoms with van der Waals surface area (Å²) in [6.07, 6.45) is 8.12. The lowest BCUT2D eigenvalue weighted by molar-refractivity contribution is 0.0630. The van der Waals surface area contributed by atoms with Crippen molar-refractivity contribution in [2.75, 3.05) is 19.0 Å². The number of aliphatic hydroxyl groups is 1. The number of pyridine rings is 1. The lowest BCUT2D eigenvalue weighted by Gasteiger charge is -2.20. The number of anilines is 1. The first kappa shape index (κ1) is 25.5. The van der Waals surface area contributed by atoms with Crippen LogP contribution in [0.2, 0.25) is 0 Å². The van der Waals surface area contributed by atoms with Gasteiger partial charge in [-0.2, -0.15) is 5.10 Å². The topological polar surface area (TPSA) is 107 Å². The normalized spacial score (nSPS) is 11.8. The summed E-state index contributed by atoms with van der Waals surface area (Å²) in [5.41, 5.74) is 4.99. The second-order valence-corrected chi connectivity index (χ2v) is 9.84. The smallest absolute Gasteiger partial charge is 0.258 e. The Hall–Kier alpha value is -3.56. The molecular weight excluding hydrogens is 456 g/mol. The van der Waals surface area contributed by atoms with Crippen LogP contribution in [-0.4, -0.2) is 54.6 Å². The SMILES string of the molecule is COCCCCc1cc2nc(NC(=O)c3ccnc(-c4cnn(C)c4)c3)n(CC(C)(C)O)c2cc1C. The van der Waals surface area contributed by atoms with Crippen molar-refractivity contribution in [2.45, 2.75) is 52.2 Å². The third-order valence-corrected chi connectivity index (χ3v) is 6.04. The first-order valence-corrected chi connectivity index (χ1v) is 12.1. The Bertz CT molecular complexity index is 1370. The van der Waals surface area contributed by atoms with Crippen LogP contribution < -0.4 is 5.32 Å². The summed E-state index contributed by atoms with van der Waals surface area (Å²) in [5.74, 6) is 0.0964. The highest BCUT2D eigenvalue weighted by Gasteiger charge is 2.22. The largest absolute Gasteiger partial charge is 0.389 e. The number of carbonyl (C=O) groups is 1. The van der Waals surface area contributed by atoms with E-state index in [4.69, 9.17) is 9.72 Å². The van der Waals surface area contributed by atoms with Gasteiger partial charge in [-0.05, 0) is 75.4 Å². The van der Waals surface area contributed by atoms with Gasteiger partial charge in [-0.3, -0.25) is 19.8 Å². The van der Waals surface area contributed by atoms with Crippen LogP contribution in [-0.2, 0) is 24.8 Å². The standard InChI is InChI=1S/C27H34N6O3/c1-18-12-24-23(13-19(18)8-6-7-11-36-5)30-26(33(24)17-27(2,3)35)31-25(34)20-9-10-28-22(14-20)21-15-29-32(4)16-21/h9-10,12-16,35H,6-8,11,17H2,1-5H3,(H,30,31,34). The number of fused-ring (bicyclic) bond motifs is 1. The highest BCUT2D eigenvalue weighted by Crippen LogP contribution is 2.27. The summed E-state index contributed by atoms with van der Waals surface area (Å²) in [7, 11) is 3.55. The summed E-state index contributed by atoms with van der Waals surface area (Å²) in [6, 6.07) is 7.57. The number of aryl methyl sites for hydroxylation is 3. The average Bonchev–Trinajstić information content (AvgIpc) is 3.39. The van der Waals surface area contributed by atoms with E-state index in [9.17, 15) is 9.90 Å². The number of hydrogen-bond donors (Lipinski definition) is 2. The van der Waals surface area contributed by atoms with Crippen LogP contribution >= 0.6 is 0 Å². The van der Waals surface area contributed by atoms with Gasteiger partial charge in [0.2, 0.25) is 5.95 Å². The molecule has 0 unspecified atom stereocenters. The molecule has 9 nitrogen and oxygen atoms in total. The minimum Gasteiger partial charge on any atom is -0.389 e. The summed E-state index contributed by atoms with van der Waals surface area (Å²) in [6.45, 7) is 6.59. The zero-order valence-electron chi connectivity index (χ0n) is 21.6. The zero-order chi connectivity index (χ0) is 25.9. The Morgan fingerprint density at radius 1 is 1.22 bits per heavy atom. The number of aromatic nitrogens is 5. The minimum atomic E-state index is -0.996. The first-order chi connectivity index (χ1) is 17.1. The minimum absolute atomic E-state index is 0.281. The molecule has 0 saturated heterocycles. The summed E-state index contributed by atoms with van der Waals surface area (Å²) in [5, 5.41) is 17.7. The number of amides is 1. The monoisotopic (exact) mass is 490 g/mol. The van der Waals surface area contributed by atoms with E-state index in [-0.39, 0.29) is 12.5 Å². The van der Waals surface area contributed by atoms with Gasteiger partial charge in [0, 0.05) is 44.3 Å². The lowest BCUT2D eigenvalue weighted by atomic mass is 10.0. The van der Waals surface area contributed by atoms with Crippen LogP contribution in [0.4, 0.5) is 5.95 Å². The maximum atomic E-state index is 13.2. The van der Waals surface area contributed by atoms with Crippen LogP contribution in [0.1, 0.15) is 48.2 Å². The second-order valence-electron chi connectivity index (χ2n) is 9.84. The molecule has 0 radical (unpaired) electrons. The third-order valence-electron chi connectivity index (χ3n) is 6.04. The summed E-state index contributed by atoms with van der Waals surface area (Å²) >= 11 is 0. The number of nitrogens with one attached hydrogen (secondary N) is 1. The van der Waals surface area contributed by atoms with E-state index in [0.29, 0.717) is 17.2 Å². The number of ether oxygens (including phenoxy) is 1. The van der Waals surface area contributed by atoms with Gasteiger partial charge in [-0.25, -0.2) is 4.98 Å². The number of carbonyl (C=O) groups excluding carboxylic acids is 1. The quantitative estimate of drug-likeness (QED) is 0.324. The molecule has 0 fully saturated rings. The van der Waals surface area contributed by atoms with Crippen LogP contribution in [0.3, 0.4) is 0 Å². The van der Waals surface area contributed by atoms with Gasteiger partial charge < -0.3 is 14.4 Å². The second kappa shape index (κ2) is 10.6. The molecule has 0 aliphatic heterocycles. The van der Waals surface area contributed by atoms with Crippen LogP contribution in [0.25, 0.3) is 22.3 Å². The molecule has 0 aliphatic rings. The Morgan fingerprint density at radius 3 is 2.72 bits per heavy atom. The summed E-state index contributed by atoms with van der Waals surface area (Å²) in [4.78, 5) is 22.4. The van der Waals surface area contributed by atoms with Crippen molar-refractivity contribution in [3.8, 4) is 11.3 Å². The van der Waals surface area contributed by atoms with E-state index in [1.165, 1.54) is 5.56 Å². The molecule has 0 bridgehead atoms. The molecule has 3 heterocycles. The first-order valence-electron chi connectivity index (χ1n) is 12.1. The fourth-order valence-corrected chi connectivity index (χ4v) is 4.25. The van der Waals surface area contributed by atoms with Crippen molar-refractivity contribution in [2.24, 2.45) is 7.05 Å². The van der Waals surface area contributed by atoms with E-state index in [1.807, 2.05) is 17.8 Å². The molecular formula is C27H34N6O3. The number of benzene rings is 1. The third kappa shape index (κ3) is 5.98. The fraction of sp³-hybridized carbons (Fsp3) is 0.407. The van der Waals surface area contributed by atoms with Gasteiger partial charge in [0.25, 0.3) is 5.91 Å². The molecule has 9 heteroatoms. The number of unbranched alkanes of at least 4 members (excludes halogenated alkanes) is 1. The molecule has 4 rings (SSSR count). The molecule has 2 N–H and O–H groups in total. The van der Waals surface area contributed by atoms with Gasteiger partial charge in [0.15, 0.2) is 0 Å². The van der Waals surface area contributed by atoms with Gasteiger partial charge in [-0.1, -0.05) is 0 Å². The predicted octanol–water partition coefficient (Wildman–Crippen LogP) is 4.13. The van der Waals surface area contributed by atoms with E-state index in [0.717, 1.165) is 48.0 Å². The molecule has 3 aromatic heterocycles. The Labute approximate surface area is 211 Å². The van der Waals surface area contributed by atoms with Crippen molar-refractivity contribution in [1.29, 1.82) is 0 Å². The maximum absolute atomic E-state index is 13.2. The van der Waals surface area contributed by atoms with Crippen LogP contribution in [0.5, 0.6) is 0 Å². The molecule has 0 atom stereocenters. The van der Waals surface area contributed by atoms with E-state index < -0.39 is 5.60 Å². The highest BCUT2D eigenvalue weighted by molar-refractivity contribution is 6.04. The fourth-order valence-electron chi connectivity index (χ4n) is 4.25. The highest BCUT2D eigenvalue weighted by atomic mass is 16.5. The molecule has 4 aromatic rings. The van der Waals surface area contributed by atoms with Crippen molar-refractivity contribution >= 4 is 22.9 Å². The Balaban J connectivity index is 1.65. The van der Waals surface area contributed by atoms with Gasteiger partial charge in [-0.15, -0.1) is 0 Å². The van der Waals surface area contributed by atoms with Crippen molar-refractivity contribution in [3.63, 3.8) is 0 Å². The van der Waals surface area contributed by atoms with E-state index in [1.54, 1.807) is 50.2 Å². The Kier molecular flexibility index (Phi) is 7.51. The molecule has 0 aliphatic carbocycles. The molecule has 0 spiro atoms. The number of hydrogen-bond acceptors (Lipinski definition) is 6. The van der Waals surface area contributed by atoms with Crippen molar-refractivity contribution < 1.29 is 14.6 Å². The predicted molar refractivity (Wildman–Crippen MR) is 140 cm³/mol. The van der Waals surface area contributed by atoms with Crippen LogP contribution in [0.15, 0.2) is 42.9 Å². The molecule has 0 saturated carbocycles. The van der Waals surface area contributed by atoms with Crippen LogP contribution in [0, 0.1) is 6.92 Å². The molecule has 190 valence electrons. The van der Waals surface area contributed by atoms with E-state index >= 15 is 0 Å². The van der Waals surface area contributed by atoms with Gasteiger partial charge in [0.05, 0.1) is 35.1 Å². The molecule has 1 amide bonds. The van der Waals surface area contributed by atoms with Gasteiger partial charge >= 0.3 is 0 Å². The molecule has 36 heavy (non-hydrogen) atoms. The maximum Gasteiger partial charge on any atom is 0.258 e. The summed E-state index contributed by atoms with van der Waals surface area (Å²) < 4.78 is 8.73. The average molecular weight is 491 g/mol. The Morgan fingerprint density at radius 2 is 2.03 bits per heavy atom. The molecule has 1 aromatic carbocycles. The number of methoxy groups -OCH3 is 1. The number of imidazole rings is 1. The van der Waals surface area contributed by atoms with Crippen molar-refractivity contribution in [3.05, 3.63) is 59.5 Å². The number of nitrogens with zero attached hydrogens (tertiary/aromatic N) is 5. The van der Waals surface area contributed by atoms with Crippen molar-refractivity contribution in [1.82, 2.24) is 24.3 Å². The lowest BCUT2D eigenvalue weighted by Crippen LogP contribution is -2.27. The van der Waals surface area contributed by atoms with E-state index in [2.05, 4.69) is 34.5 Å². The number of rotatable bonds is 10.